The summed E-state index contributed by atoms with van der Waals surface area (Å²) in [4.78, 5) is 2.79. The first kappa shape index (κ1) is 10.3. The highest BCUT2D eigenvalue weighted by Gasteiger charge is 2.33. The Hall–Kier alpha value is -0.820. The van der Waals surface area contributed by atoms with E-state index >= 15 is 0 Å². The predicted molar refractivity (Wildman–Crippen MR) is 67.5 cm³/mol. The standard InChI is InChI=1S/C15H21N/c1-2-6-13(7-3-1)12-15-9-4-8-14-10-5-11-16(14)15/h1-3,6-7,14-15H,4-5,8-12H2/t14-,15+/m0/s1. The lowest BCUT2D eigenvalue weighted by Gasteiger charge is -2.37. The molecule has 0 radical (unpaired) electrons. The fraction of sp³-hybridized carbons (Fsp3) is 0.600. The van der Waals surface area contributed by atoms with Gasteiger partial charge < -0.3 is 0 Å². The summed E-state index contributed by atoms with van der Waals surface area (Å²) >= 11 is 0. The monoisotopic (exact) mass is 215 g/mol. The molecule has 86 valence electrons. The average Bonchev–Trinajstić information content (AvgIpc) is 2.80. The van der Waals surface area contributed by atoms with Crippen LogP contribution in [0.1, 0.15) is 37.7 Å². The molecule has 3 rings (SSSR count). The lowest BCUT2D eigenvalue weighted by Crippen LogP contribution is -2.43. The molecular weight excluding hydrogens is 194 g/mol. The van der Waals surface area contributed by atoms with Crippen molar-refractivity contribution < 1.29 is 0 Å². The molecule has 1 heteroatoms. The third-order valence-electron chi connectivity index (χ3n) is 4.28. The molecule has 16 heavy (non-hydrogen) atoms. The van der Waals surface area contributed by atoms with E-state index in [0.29, 0.717) is 0 Å². The van der Waals surface area contributed by atoms with E-state index in [2.05, 4.69) is 35.2 Å². The van der Waals surface area contributed by atoms with Crippen LogP contribution in [0.2, 0.25) is 0 Å². The van der Waals surface area contributed by atoms with Gasteiger partial charge in [-0.25, -0.2) is 0 Å². The molecule has 2 saturated heterocycles. The SMILES string of the molecule is c1ccc(C[C@H]2CCC[C@H]3CCCN32)cc1. The van der Waals surface area contributed by atoms with Crippen molar-refractivity contribution in [2.45, 2.75) is 50.6 Å². The molecule has 1 nitrogen and oxygen atoms in total. The Labute approximate surface area is 98.5 Å². The minimum absolute atomic E-state index is 0.823. The lowest BCUT2D eigenvalue weighted by atomic mass is 9.92. The molecule has 0 bridgehead atoms. The van der Waals surface area contributed by atoms with Crippen molar-refractivity contribution in [2.24, 2.45) is 0 Å². The van der Waals surface area contributed by atoms with Gasteiger partial charge in [0.2, 0.25) is 0 Å². The van der Waals surface area contributed by atoms with Gasteiger partial charge in [-0.1, -0.05) is 36.8 Å². The third kappa shape index (κ3) is 2.01. The van der Waals surface area contributed by atoms with Crippen molar-refractivity contribution in [2.75, 3.05) is 6.54 Å². The summed E-state index contributed by atoms with van der Waals surface area (Å²) in [7, 11) is 0. The summed E-state index contributed by atoms with van der Waals surface area (Å²) in [6.45, 7) is 1.35. The Bertz CT molecular complexity index is 333. The van der Waals surface area contributed by atoms with Gasteiger partial charge in [0.15, 0.2) is 0 Å². The Balaban J connectivity index is 1.70. The second kappa shape index (κ2) is 4.58. The van der Waals surface area contributed by atoms with Crippen LogP contribution in [-0.4, -0.2) is 23.5 Å². The summed E-state index contributed by atoms with van der Waals surface area (Å²) in [5.41, 5.74) is 1.51. The molecular formula is C15H21N. The van der Waals surface area contributed by atoms with Crippen molar-refractivity contribution in [1.82, 2.24) is 4.90 Å². The summed E-state index contributed by atoms with van der Waals surface area (Å²) < 4.78 is 0. The maximum Gasteiger partial charge on any atom is 0.0139 e. The highest BCUT2D eigenvalue weighted by molar-refractivity contribution is 5.16. The van der Waals surface area contributed by atoms with Crippen LogP contribution in [0.3, 0.4) is 0 Å². The van der Waals surface area contributed by atoms with Crippen molar-refractivity contribution in [3.63, 3.8) is 0 Å². The molecule has 0 N–H and O–H groups in total. The maximum atomic E-state index is 2.79. The smallest absolute Gasteiger partial charge is 0.0139 e. The molecule has 2 fully saturated rings. The van der Waals surface area contributed by atoms with E-state index in [1.54, 1.807) is 0 Å². The van der Waals surface area contributed by atoms with Crippen LogP contribution < -0.4 is 0 Å². The Morgan fingerprint density at radius 3 is 2.69 bits per heavy atom. The van der Waals surface area contributed by atoms with E-state index in [0.717, 1.165) is 12.1 Å². The number of hydrogen-bond donors (Lipinski definition) is 0. The van der Waals surface area contributed by atoms with Gasteiger partial charge in [0.1, 0.15) is 0 Å². The number of nitrogens with zero attached hydrogens (tertiary/aromatic N) is 1. The molecule has 2 atom stereocenters. The molecule has 1 aromatic carbocycles. The molecule has 0 unspecified atom stereocenters. The predicted octanol–water partition coefficient (Wildman–Crippen LogP) is 3.25. The molecule has 2 aliphatic heterocycles. The first-order valence-corrected chi connectivity index (χ1v) is 6.73. The zero-order valence-corrected chi connectivity index (χ0v) is 9.94. The van der Waals surface area contributed by atoms with E-state index in [1.165, 1.54) is 50.6 Å². The van der Waals surface area contributed by atoms with Crippen LogP contribution in [0.25, 0.3) is 0 Å². The fourth-order valence-corrected chi connectivity index (χ4v) is 3.51. The van der Waals surface area contributed by atoms with E-state index in [9.17, 15) is 0 Å². The second-order valence-corrected chi connectivity index (χ2v) is 5.31. The highest BCUT2D eigenvalue weighted by Crippen LogP contribution is 2.32. The summed E-state index contributed by atoms with van der Waals surface area (Å²) in [5, 5.41) is 0. The first-order valence-electron chi connectivity index (χ1n) is 6.73. The Morgan fingerprint density at radius 1 is 1.00 bits per heavy atom. The van der Waals surface area contributed by atoms with Gasteiger partial charge in [-0.2, -0.15) is 0 Å². The number of hydrogen-bond acceptors (Lipinski definition) is 1. The van der Waals surface area contributed by atoms with Crippen molar-refractivity contribution >= 4 is 0 Å². The number of benzene rings is 1. The van der Waals surface area contributed by atoms with Crippen LogP contribution in [0.5, 0.6) is 0 Å². The van der Waals surface area contributed by atoms with Gasteiger partial charge in [0, 0.05) is 12.1 Å². The molecule has 0 spiro atoms. The van der Waals surface area contributed by atoms with Gasteiger partial charge >= 0.3 is 0 Å². The minimum Gasteiger partial charge on any atom is -0.297 e. The number of fused-ring (bicyclic) bond motifs is 1. The minimum atomic E-state index is 0.823. The van der Waals surface area contributed by atoms with E-state index < -0.39 is 0 Å². The maximum absolute atomic E-state index is 2.79. The average molecular weight is 215 g/mol. The van der Waals surface area contributed by atoms with Gasteiger partial charge in [0.05, 0.1) is 0 Å². The van der Waals surface area contributed by atoms with Crippen molar-refractivity contribution in [3.8, 4) is 0 Å². The quantitative estimate of drug-likeness (QED) is 0.732. The molecule has 2 aliphatic rings. The summed E-state index contributed by atoms with van der Waals surface area (Å²) in [5.74, 6) is 0. The van der Waals surface area contributed by atoms with E-state index in [4.69, 9.17) is 0 Å². The molecule has 0 aromatic heterocycles. The Morgan fingerprint density at radius 2 is 1.81 bits per heavy atom. The third-order valence-corrected chi connectivity index (χ3v) is 4.28. The summed E-state index contributed by atoms with van der Waals surface area (Å²) in [6, 6.07) is 12.7. The lowest BCUT2D eigenvalue weighted by molar-refractivity contribution is 0.123. The molecule has 0 amide bonds. The van der Waals surface area contributed by atoms with Crippen molar-refractivity contribution in [3.05, 3.63) is 35.9 Å². The first-order chi connectivity index (χ1) is 7.93. The molecule has 2 heterocycles. The van der Waals surface area contributed by atoms with Crippen LogP contribution in [0.4, 0.5) is 0 Å². The fourth-order valence-electron chi connectivity index (χ4n) is 3.51. The van der Waals surface area contributed by atoms with Gasteiger partial charge in [-0.15, -0.1) is 0 Å². The molecule has 0 aliphatic carbocycles. The molecule has 0 saturated carbocycles. The number of rotatable bonds is 2. The van der Waals surface area contributed by atoms with Crippen LogP contribution in [-0.2, 0) is 6.42 Å². The molecule has 1 aromatic rings. The summed E-state index contributed by atoms with van der Waals surface area (Å²) in [6.07, 6.45) is 8.44. The van der Waals surface area contributed by atoms with Gasteiger partial charge in [-0.3, -0.25) is 4.90 Å². The van der Waals surface area contributed by atoms with E-state index in [-0.39, 0.29) is 0 Å². The van der Waals surface area contributed by atoms with Gasteiger partial charge in [0.25, 0.3) is 0 Å². The number of piperidine rings is 1. The normalized spacial score (nSPS) is 30.2. The van der Waals surface area contributed by atoms with E-state index in [1.807, 2.05) is 0 Å². The van der Waals surface area contributed by atoms with Crippen LogP contribution in [0.15, 0.2) is 30.3 Å². The van der Waals surface area contributed by atoms with Crippen LogP contribution >= 0.6 is 0 Å². The topological polar surface area (TPSA) is 3.24 Å². The zero-order chi connectivity index (χ0) is 10.8. The van der Waals surface area contributed by atoms with Crippen LogP contribution in [0, 0.1) is 0 Å². The largest absolute Gasteiger partial charge is 0.297 e. The zero-order valence-electron chi connectivity index (χ0n) is 9.94. The highest BCUT2D eigenvalue weighted by atomic mass is 15.2. The van der Waals surface area contributed by atoms with Crippen molar-refractivity contribution in [1.29, 1.82) is 0 Å². The second-order valence-electron chi connectivity index (χ2n) is 5.31. The Kier molecular flexibility index (Phi) is 2.96. The van der Waals surface area contributed by atoms with Gasteiger partial charge in [-0.05, 0) is 44.2 Å².